The summed E-state index contributed by atoms with van der Waals surface area (Å²) in [5.41, 5.74) is 1.79. The summed E-state index contributed by atoms with van der Waals surface area (Å²) < 4.78 is 15.9. The molecule has 0 spiro atoms. The molecule has 2 rings (SSSR count). The number of rotatable bonds is 5. The summed E-state index contributed by atoms with van der Waals surface area (Å²) in [5.74, 6) is 1.68. The van der Waals surface area contributed by atoms with Crippen molar-refractivity contribution in [1.82, 2.24) is 0 Å². The Balaban J connectivity index is 2.60. The quantitative estimate of drug-likeness (QED) is 0.601. The van der Waals surface area contributed by atoms with Gasteiger partial charge in [-0.25, -0.2) is 0 Å². The smallest absolute Gasteiger partial charge is 0.164 e. The first-order valence-corrected chi connectivity index (χ1v) is 7.19. The topological polar surface area (TPSA) is 51.5 Å². The molecule has 0 N–H and O–H groups in total. The molecule has 0 fully saturated rings. The second-order valence-electron chi connectivity index (χ2n) is 4.60. The number of allylic oxidation sites excluding steroid dienone is 1. The highest BCUT2D eigenvalue weighted by atomic mass is 35.5. The third-order valence-corrected chi connectivity index (χ3v) is 3.65. The Morgan fingerprint density at radius 3 is 2.17 bits per heavy atom. The third-order valence-electron chi connectivity index (χ3n) is 3.32. The molecule has 0 aliphatic carbocycles. The molecule has 0 heterocycles. The monoisotopic (exact) mass is 329 g/mol. The number of methoxy groups -OCH3 is 3. The van der Waals surface area contributed by atoms with Crippen LogP contribution in [-0.2, 0) is 0 Å². The summed E-state index contributed by atoms with van der Waals surface area (Å²) in [4.78, 5) is 0. The van der Waals surface area contributed by atoms with Gasteiger partial charge in [0.15, 0.2) is 11.5 Å². The fourth-order valence-electron chi connectivity index (χ4n) is 2.17. The molecular weight excluding hydrogens is 314 g/mol. The summed E-state index contributed by atoms with van der Waals surface area (Å²) >= 11 is 6.18. The van der Waals surface area contributed by atoms with Crippen molar-refractivity contribution in [3.63, 3.8) is 0 Å². The zero-order chi connectivity index (χ0) is 16.8. The lowest BCUT2D eigenvalue weighted by Gasteiger charge is -2.12. The number of nitriles is 1. The van der Waals surface area contributed by atoms with Gasteiger partial charge in [0.1, 0.15) is 5.75 Å². The number of hydrogen-bond donors (Lipinski definition) is 0. The molecule has 2 aromatic carbocycles. The lowest BCUT2D eigenvalue weighted by molar-refractivity contribution is 0.348. The van der Waals surface area contributed by atoms with E-state index in [9.17, 15) is 5.26 Å². The fourth-order valence-corrected chi connectivity index (χ4v) is 2.41. The molecule has 0 saturated heterocycles. The molecule has 0 aliphatic rings. The van der Waals surface area contributed by atoms with Crippen LogP contribution in [0.15, 0.2) is 36.4 Å². The highest BCUT2D eigenvalue weighted by Crippen LogP contribution is 2.37. The van der Waals surface area contributed by atoms with Crippen LogP contribution in [0.25, 0.3) is 11.6 Å². The maximum absolute atomic E-state index is 9.48. The average Bonchev–Trinajstić information content (AvgIpc) is 2.59. The zero-order valence-electron chi connectivity index (χ0n) is 13.1. The van der Waals surface area contributed by atoms with Crippen molar-refractivity contribution in [2.75, 3.05) is 21.3 Å². The van der Waals surface area contributed by atoms with Crippen molar-refractivity contribution in [3.8, 4) is 23.3 Å². The Morgan fingerprint density at radius 1 is 1.00 bits per heavy atom. The SMILES string of the molecule is COc1cc(OC)c(OC)cc1C=C(C#N)c1ccccc1Cl. The lowest BCUT2D eigenvalue weighted by atomic mass is 10.0. The van der Waals surface area contributed by atoms with Gasteiger partial charge >= 0.3 is 0 Å². The number of halogens is 1. The van der Waals surface area contributed by atoms with Crippen molar-refractivity contribution < 1.29 is 14.2 Å². The third kappa shape index (κ3) is 3.58. The van der Waals surface area contributed by atoms with Crippen molar-refractivity contribution in [3.05, 3.63) is 52.5 Å². The van der Waals surface area contributed by atoms with Gasteiger partial charge in [0.2, 0.25) is 0 Å². The van der Waals surface area contributed by atoms with Crippen LogP contribution in [0.4, 0.5) is 0 Å². The van der Waals surface area contributed by atoms with Crippen LogP contribution in [0.1, 0.15) is 11.1 Å². The van der Waals surface area contributed by atoms with E-state index in [1.165, 1.54) is 0 Å². The van der Waals surface area contributed by atoms with Crippen LogP contribution in [0, 0.1) is 11.3 Å². The number of hydrogen-bond acceptors (Lipinski definition) is 4. The molecule has 0 atom stereocenters. The van der Waals surface area contributed by atoms with E-state index >= 15 is 0 Å². The molecule has 0 bridgehead atoms. The Bertz CT molecular complexity index is 778. The summed E-state index contributed by atoms with van der Waals surface area (Å²) in [7, 11) is 4.66. The molecule has 0 amide bonds. The van der Waals surface area contributed by atoms with Gasteiger partial charge in [0.25, 0.3) is 0 Å². The molecule has 23 heavy (non-hydrogen) atoms. The first-order chi connectivity index (χ1) is 11.1. The maximum Gasteiger partial charge on any atom is 0.164 e. The van der Waals surface area contributed by atoms with Crippen LogP contribution in [0.3, 0.4) is 0 Å². The molecule has 0 unspecified atom stereocenters. The molecule has 118 valence electrons. The Kier molecular flexibility index (Phi) is 5.51. The average molecular weight is 330 g/mol. The van der Waals surface area contributed by atoms with Crippen LogP contribution >= 0.6 is 11.6 Å². The zero-order valence-corrected chi connectivity index (χ0v) is 13.8. The molecule has 2 aromatic rings. The minimum atomic E-state index is 0.432. The van der Waals surface area contributed by atoms with Gasteiger partial charge in [-0.1, -0.05) is 29.8 Å². The summed E-state index contributed by atoms with van der Waals surface area (Å²) in [5, 5.41) is 10.00. The minimum absolute atomic E-state index is 0.432. The Labute approximate surface area is 140 Å². The Hall–Kier alpha value is -2.64. The number of nitrogens with zero attached hydrogens (tertiary/aromatic N) is 1. The van der Waals surface area contributed by atoms with Gasteiger partial charge in [-0.3, -0.25) is 0 Å². The van der Waals surface area contributed by atoms with Gasteiger partial charge < -0.3 is 14.2 Å². The second-order valence-corrected chi connectivity index (χ2v) is 5.01. The van der Waals surface area contributed by atoms with Gasteiger partial charge in [-0.05, 0) is 18.2 Å². The fraction of sp³-hybridized carbons (Fsp3) is 0.167. The van der Waals surface area contributed by atoms with Gasteiger partial charge in [0, 0.05) is 22.2 Å². The van der Waals surface area contributed by atoms with Gasteiger partial charge in [-0.2, -0.15) is 5.26 Å². The van der Waals surface area contributed by atoms with Crippen molar-refractivity contribution in [1.29, 1.82) is 5.26 Å². The lowest BCUT2D eigenvalue weighted by Crippen LogP contribution is -1.95. The van der Waals surface area contributed by atoms with Crippen LogP contribution in [0.5, 0.6) is 17.2 Å². The van der Waals surface area contributed by atoms with E-state index in [1.807, 2.05) is 12.1 Å². The van der Waals surface area contributed by atoms with Crippen molar-refractivity contribution in [2.45, 2.75) is 0 Å². The van der Waals surface area contributed by atoms with E-state index in [2.05, 4.69) is 6.07 Å². The van der Waals surface area contributed by atoms with Crippen LogP contribution in [0.2, 0.25) is 5.02 Å². The van der Waals surface area contributed by atoms with Crippen LogP contribution < -0.4 is 14.2 Å². The number of benzene rings is 2. The molecule has 0 aromatic heterocycles. The van der Waals surface area contributed by atoms with E-state index in [-0.39, 0.29) is 0 Å². The summed E-state index contributed by atoms with van der Waals surface area (Å²) in [6.07, 6.45) is 1.71. The second kappa shape index (κ2) is 7.57. The largest absolute Gasteiger partial charge is 0.496 e. The highest BCUT2D eigenvalue weighted by molar-refractivity contribution is 6.32. The molecule has 0 radical (unpaired) electrons. The van der Waals surface area contributed by atoms with E-state index in [0.29, 0.717) is 39.0 Å². The molecular formula is C18H16ClNO3. The van der Waals surface area contributed by atoms with E-state index in [4.69, 9.17) is 25.8 Å². The van der Waals surface area contributed by atoms with Crippen molar-refractivity contribution >= 4 is 23.3 Å². The summed E-state index contributed by atoms with van der Waals surface area (Å²) in [6.45, 7) is 0. The Morgan fingerprint density at radius 2 is 1.61 bits per heavy atom. The normalized spacial score (nSPS) is 10.8. The maximum atomic E-state index is 9.48. The first kappa shape index (κ1) is 16.7. The molecule has 4 nitrogen and oxygen atoms in total. The predicted octanol–water partition coefficient (Wildman–Crippen LogP) is 4.43. The minimum Gasteiger partial charge on any atom is -0.496 e. The van der Waals surface area contributed by atoms with Crippen LogP contribution in [-0.4, -0.2) is 21.3 Å². The summed E-state index contributed by atoms with van der Waals surface area (Å²) in [6, 6.07) is 12.8. The standard InChI is InChI=1S/C18H16ClNO3/c1-21-16-10-18(23-3)17(22-2)9-12(16)8-13(11-20)14-6-4-5-7-15(14)19/h4-10H,1-3H3. The van der Waals surface area contributed by atoms with E-state index < -0.39 is 0 Å². The molecule has 0 saturated carbocycles. The predicted molar refractivity (Wildman–Crippen MR) is 91.0 cm³/mol. The van der Waals surface area contributed by atoms with E-state index in [1.54, 1.807) is 51.7 Å². The van der Waals surface area contributed by atoms with E-state index in [0.717, 1.165) is 0 Å². The first-order valence-electron chi connectivity index (χ1n) is 6.81. The highest BCUT2D eigenvalue weighted by Gasteiger charge is 2.12. The molecule has 0 aliphatic heterocycles. The number of ether oxygens (including phenoxy) is 3. The molecule has 5 heteroatoms. The van der Waals surface area contributed by atoms with Gasteiger partial charge in [-0.15, -0.1) is 0 Å². The van der Waals surface area contributed by atoms with Crippen molar-refractivity contribution in [2.24, 2.45) is 0 Å². The van der Waals surface area contributed by atoms with Gasteiger partial charge in [0.05, 0.1) is 33.0 Å².